The maximum atomic E-state index is 5.30. The van der Waals surface area contributed by atoms with Crippen molar-refractivity contribution in [1.29, 1.82) is 0 Å². The molecule has 4 aromatic carbocycles. The van der Waals surface area contributed by atoms with E-state index in [0.717, 1.165) is 0 Å². The average molecular weight is 360 g/mol. The fourth-order valence-electron chi connectivity index (χ4n) is 2.61. The van der Waals surface area contributed by atoms with Gasteiger partial charge in [-0.2, -0.15) is 18.2 Å². The molecule has 0 aliphatic heterocycles. The zero-order valence-corrected chi connectivity index (χ0v) is 16.3. The molecule has 124 valence electrons. The maximum absolute atomic E-state index is 5.30. The van der Waals surface area contributed by atoms with Crippen LogP contribution in [0, 0.1) is 14.0 Å². The smallest absolute Gasteiger partial charge is 0.514 e. The monoisotopic (exact) mass is 360 g/mol. The van der Waals surface area contributed by atoms with Crippen LogP contribution in [0.4, 0.5) is 0 Å². The summed E-state index contributed by atoms with van der Waals surface area (Å²) >= 11 is 0. The van der Waals surface area contributed by atoms with Gasteiger partial charge in [0.05, 0.1) is 0 Å². The van der Waals surface area contributed by atoms with E-state index in [2.05, 4.69) is 54.6 Å². The normalized spacial score (nSPS) is 11.8. The Morgan fingerprint density at radius 1 is 0.720 bits per heavy atom. The van der Waals surface area contributed by atoms with Gasteiger partial charge >= 0.3 is 21.7 Å². The van der Waals surface area contributed by atoms with Crippen molar-refractivity contribution in [3.8, 4) is 0 Å². The summed E-state index contributed by atoms with van der Waals surface area (Å²) in [5.74, 6) is 0. The molecule has 0 N–H and O–H groups in total. The first-order valence-electron chi connectivity index (χ1n) is 8.14. The molecule has 1 fully saturated rings. The maximum Gasteiger partial charge on any atom is 4.00 e. The van der Waals surface area contributed by atoms with Crippen LogP contribution in [0.15, 0.2) is 90.5 Å². The molecule has 0 nitrogen and oxygen atoms in total. The van der Waals surface area contributed by atoms with Gasteiger partial charge in [-0.3, -0.25) is 5.57 Å². The number of hydrogen-bond acceptors (Lipinski definition) is 0. The van der Waals surface area contributed by atoms with Gasteiger partial charge in [-0.25, -0.2) is 12.1 Å². The second-order valence-corrected chi connectivity index (χ2v) is 5.79. The molecule has 4 aromatic rings. The third-order valence-corrected chi connectivity index (χ3v) is 4.07. The van der Waals surface area contributed by atoms with Crippen LogP contribution in [-0.4, -0.2) is 0 Å². The zero-order chi connectivity index (χ0) is 15.9. The molecule has 0 amide bonds. The van der Waals surface area contributed by atoms with Crippen molar-refractivity contribution in [3.63, 3.8) is 0 Å². The fraction of sp³-hybridized carbons (Fsp3) is 0.125. The number of rotatable bonds is 0. The van der Waals surface area contributed by atoms with Crippen LogP contribution >= 0.6 is 0 Å². The van der Waals surface area contributed by atoms with E-state index >= 15 is 0 Å². The molecule has 1 aliphatic rings. The largest absolute Gasteiger partial charge is 4.00 e. The number of fused-ring (bicyclic) bond motifs is 3. The van der Waals surface area contributed by atoms with Gasteiger partial charge in [0.2, 0.25) is 0 Å². The Kier molecular flexibility index (Phi) is 9.20. The summed E-state index contributed by atoms with van der Waals surface area (Å²) in [6.45, 7) is 5.30. The molecular formula is C24H24Ti. The van der Waals surface area contributed by atoms with Crippen LogP contribution in [0.3, 0.4) is 0 Å². The molecule has 0 spiro atoms. The third kappa shape index (κ3) is 5.85. The van der Waals surface area contributed by atoms with E-state index in [0.29, 0.717) is 0 Å². The Morgan fingerprint density at radius 3 is 1.48 bits per heavy atom. The molecular weight excluding hydrogens is 336 g/mol. The van der Waals surface area contributed by atoms with Crippen LogP contribution in [0.25, 0.3) is 21.5 Å². The molecule has 0 heterocycles. The van der Waals surface area contributed by atoms with Gasteiger partial charge in [0, 0.05) is 0 Å². The second-order valence-electron chi connectivity index (χ2n) is 5.79. The van der Waals surface area contributed by atoms with E-state index in [9.17, 15) is 0 Å². The fourth-order valence-corrected chi connectivity index (χ4v) is 2.61. The standard InChI is InChI=1S/C13H9.C5H7.C5H5.CH3.Ti/c1-3-7-12-10(5-1)9-11-6-2-4-8-13(11)12;1-5-3-2-4-5;1-2-4-5-3-1;;/h1-9H;1H,2-4H2;1-5H;1H3;/q4*-1;+4. The molecule has 0 saturated heterocycles. The predicted molar refractivity (Wildman–Crippen MR) is 107 cm³/mol. The van der Waals surface area contributed by atoms with E-state index in [-0.39, 0.29) is 29.1 Å². The molecule has 1 aliphatic carbocycles. The van der Waals surface area contributed by atoms with Crippen LogP contribution < -0.4 is 0 Å². The number of allylic oxidation sites excluding steroid dienone is 1. The van der Waals surface area contributed by atoms with Gasteiger partial charge in [0.15, 0.2) is 0 Å². The van der Waals surface area contributed by atoms with E-state index in [1.165, 1.54) is 46.4 Å². The topological polar surface area (TPSA) is 0 Å². The Hall–Kier alpha value is -1.89. The minimum Gasteiger partial charge on any atom is -0.514 e. The van der Waals surface area contributed by atoms with E-state index in [1.807, 2.05) is 30.3 Å². The van der Waals surface area contributed by atoms with E-state index < -0.39 is 0 Å². The molecule has 5 rings (SSSR count). The van der Waals surface area contributed by atoms with Crippen molar-refractivity contribution in [2.45, 2.75) is 19.3 Å². The van der Waals surface area contributed by atoms with Crippen molar-refractivity contribution < 1.29 is 21.7 Å². The Labute approximate surface area is 166 Å². The van der Waals surface area contributed by atoms with Gasteiger partial charge in [-0.15, -0.1) is 39.7 Å². The van der Waals surface area contributed by atoms with Crippen molar-refractivity contribution in [2.75, 3.05) is 0 Å². The molecule has 25 heavy (non-hydrogen) atoms. The molecule has 0 unspecified atom stereocenters. The van der Waals surface area contributed by atoms with Gasteiger partial charge in [0.25, 0.3) is 0 Å². The SMILES string of the molecule is [CH-]=C1CCC1.[CH3-].[Ti+4].c1cc[cH-]c1.c1ccc2c(c1)[cH-]c1ccccc12. The summed E-state index contributed by atoms with van der Waals surface area (Å²) in [7, 11) is 0. The van der Waals surface area contributed by atoms with Gasteiger partial charge in [0.1, 0.15) is 0 Å². The van der Waals surface area contributed by atoms with E-state index in [1.54, 1.807) is 0 Å². The molecule has 0 atom stereocenters. The van der Waals surface area contributed by atoms with Crippen molar-refractivity contribution >= 4 is 21.5 Å². The summed E-state index contributed by atoms with van der Waals surface area (Å²) in [4.78, 5) is 0. The Balaban J connectivity index is 0.000000219. The summed E-state index contributed by atoms with van der Waals surface area (Å²) in [6, 6.07) is 29.3. The Bertz CT molecular complexity index is 792. The molecule has 0 radical (unpaired) electrons. The number of hydrogen-bond donors (Lipinski definition) is 0. The van der Waals surface area contributed by atoms with Crippen LogP contribution in [0.5, 0.6) is 0 Å². The second kappa shape index (κ2) is 10.9. The molecule has 1 heteroatoms. The molecule has 0 bridgehead atoms. The number of benzene rings is 2. The van der Waals surface area contributed by atoms with Crippen molar-refractivity contribution in [1.82, 2.24) is 0 Å². The minimum atomic E-state index is 0. The van der Waals surface area contributed by atoms with Gasteiger partial charge in [-0.1, -0.05) is 55.7 Å². The summed E-state index contributed by atoms with van der Waals surface area (Å²) in [5, 5.41) is 5.39. The quantitative estimate of drug-likeness (QED) is 0.232. The summed E-state index contributed by atoms with van der Waals surface area (Å²) < 4.78 is 0. The molecule has 1 saturated carbocycles. The first-order chi connectivity index (χ1) is 11.3. The first-order valence-corrected chi connectivity index (χ1v) is 8.14. The van der Waals surface area contributed by atoms with Gasteiger partial charge < -0.3 is 14.0 Å². The summed E-state index contributed by atoms with van der Waals surface area (Å²) in [6.07, 6.45) is 3.69. The molecule has 0 aromatic heterocycles. The average Bonchev–Trinajstić information content (AvgIpc) is 3.24. The van der Waals surface area contributed by atoms with Crippen molar-refractivity contribution in [2.24, 2.45) is 0 Å². The van der Waals surface area contributed by atoms with E-state index in [4.69, 9.17) is 6.58 Å². The van der Waals surface area contributed by atoms with Crippen LogP contribution in [0.1, 0.15) is 19.3 Å². The first kappa shape index (κ1) is 21.2. The van der Waals surface area contributed by atoms with Gasteiger partial charge in [-0.05, 0) is 0 Å². The minimum absolute atomic E-state index is 0. The predicted octanol–water partition coefficient (Wildman–Crippen LogP) is 7.09. The zero-order valence-electron chi connectivity index (χ0n) is 14.8. The summed E-state index contributed by atoms with van der Waals surface area (Å²) in [5.41, 5.74) is 1.19. The third-order valence-electron chi connectivity index (χ3n) is 4.07. The van der Waals surface area contributed by atoms with Crippen molar-refractivity contribution in [3.05, 3.63) is 105 Å². The van der Waals surface area contributed by atoms with Crippen LogP contribution in [0.2, 0.25) is 0 Å². The Morgan fingerprint density at radius 2 is 1.16 bits per heavy atom. The van der Waals surface area contributed by atoms with Crippen LogP contribution in [-0.2, 0) is 21.7 Å².